The number of amides is 1. The van der Waals surface area contributed by atoms with Crippen molar-refractivity contribution in [3.05, 3.63) is 58.9 Å². The molecule has 2 atom stereocenters. The number of nitrogens with zero attached hydrogens (tertiary/aromatic N) is 1. The molecule has 1 heterocycles. The van der Waals surface area contributed by atoms with Gasteiger partial charge < -0.3 is 14.8 Å². The summed E-state index contributed by atoms with van der Waals surface area (Å²) < 4.78 is 23.9. The van der Waals surface area contributed by atoms with Gasteiger partial charge in [-0.05, 0) is 61.2 Å². The normalized spacial score (nSPS) is 16.0. The Morgan fingerprint density at radius 3 is 2.29 bits per heavy atom. The van der Waals surface area contributed by atoms with Crippen LogP contribution in [0.5, 0.6) is 11.5 Å². The van der Waals surface area contributed by atoms with Crippen LogP contribution in [-0.4, -0.2) is 37.6 Å². The highest BCUT2D eigenvalue weighted by atomic mass is 19.1. The van der Waals surface area contributed by atoms with Crippen LogP contribution in [-0.2, 0) is 17.8 Å². The van der Waals surface area contributed by atoms with Crippen LogP contribution in [0.3, 0.4) is 0 Å². The summed E-state index contributed by atoms with van der Waals surface area (Å²) >= 11 is 0. The molecule has 0 bridgehead atoms. The average Bonchev–Trinajstić information content (AvgIpc) is 2.71. The largest absolute Gasteiger partial charge is 0.493 e. The van der Waals surface area contributed by atoms with E-state index in [1.54, 1.807) is 26.4 Å². The van der Waals surface area contributed by atoms with Crippen molar-refractivity contribution in [3.63, 3.8) is 0 Å². The topological polar surface area (TPSA) is 50.8 Å². The molecule has 1 amide bonds. The van der Waals surface area contributed by atoms with E-state index in [0.717, 1.165) is 29.8 Å². The lowest BCUT2D eigenvalue weighted by Crippen LogP contribution is -2.47. The summed E-state index contributed by atoms with van der Waals surface area (Å²) in [7, 11) is 3.26. The number of fused-ring (bicyclic) bond motifs is 1. The van der Waals surface area contributed by atoms with Gasteiger partial charge in [0.2, 0.25) is 5.91 Å². The van der Waals surface area contributed by atoms with Crippen LogP contribution in [0.4, 0.5) is 4.39 Å². The second-order valence-corrected chi connectivity index (χ2v) is 7.15. The highest BCUT2D eigenvalue weighted by molar-refractivity contribution is 5.81. The second kappa shape index (κ2) is 8.61. The van der Waals surface area contributed by atoms with Gasteiger partial charge in [0.1, 0.15) is 5.82 Å². The van der Waals surface area contributed by atoms with Gasteiger partial charge in [-0.3, -0.25) is 9.69 Å². The number of carbonyl (C=O) groups excluding carboxylic acids is 1. The van der Waals surface area contributed by atoms with Gasteiger partial charge >= 0.3 is 0 Å². The second-order valence-electron chi connectivity index (χ2n) is 7.15. The quantitative estimate of drug-likeness (QED) is 0.826. The summed E-state index contributed by atoms with van der Waals surface area (Å²) in [6.07, 6.45) is 0.848. The molecule has 3 rings (SSSR count). The first kappa shape index (κ1) is 20.1. The first-order valence-corrected chi connectivity index (χ1v) is 9.46. The number of ether oxygens (including phenoxy) is 2. The van der Waals surface area contributed by atoms with Gasteiger partial charge in [-0.15, -0.1) is 0 Å². The summed E-state index contributed by atoms with van der Waals surface area (Å²) in [5.41, 5.74) is 3.25. The number of halogens is 1. The van der Waals surface area contributed by atoms with Crippen LogP contribution in [0.25, 0.3) is 0 Å². The summed E-state index contributed by atoms with van der Waals surface area (Å²) in [5.74, 6) is 1.11. The minimum absolute atomic E-state index is 0.0410. The molecule has 1 aliphatic heterocycles. The third-order valence-electron chi connectivity index (χ3n) is 5.40. The number of hydrogen-bond donors (Lipinski definition) is 1. The fourth-order valence-electron chi connectivity index (χ4n) is 3.57. The van der Waals surface area contributed by atoms with Gasteiger partial charge in [0.25, 0.3) is 0 Å². The van der Waals surface area contributed by atoms with E-state index >= 15 is 0 Å². The number of rotatable bonds is 6. The number of nitrogens with one attached hydrogen (secondary N) is 1. The summed E-state index contributed by atoms with van der Waals surface area (Å²) in [6.45, 7) is 5.29. The standard InChI is InChI=1S/C22H27FN2O3/c1-14(16-5-7-19(23)8-6-16)24-22(26)15(2)25-10-9-17-11-20(27-3)21(28-4)12-18(17)13-25/h5-8,11-12,14-15H,9-10,13H2,1-4H3,(H,24,26). The van der Waals surface area contributed by atoms with Gasteiger partial charge in [-0.1, -0.05) is 12.1 Å². The lowest BCUT2D eigenvalue weighted by molar-refractivity contribution is -0.126. The molecule has 2 aromatic carbocycles. The number of benzene rings is 2. The van der Waals surface area contributed by atoms with Crippen molar-refractivity contribution in [1.82, 2.24) is 10.2 Å². The SMILES string of the molecule is COc1cc2c(cc1OC)CN(C(C)C(=O)NC(C)c1ccc(F)cc1)CC2. The third kappa shape index (κ3) is 4.28. The highest BCUT2D eigenvalue weighted by Crippen LogP contribution is 2.33. The highest BCUT2D eigenvalue weighted by Gasteiger charge is 2.27. The maximum Gasteiger partial charge on any atom is 0.237 e. The molecular formula is C22H27FN2O3. The van der Waals surface area contributed by atoms with Crippen molar-refractivity contribution in [3.8, 4) is 11.5 Å². The molecule has 0 radical (unpaired) electrons. The monoisotopic (exact) mass is 386 g/mol. The molecule has 5 nitrogen and oxygen atoms in total. The van der Waals surface area contributed by atoms with Gasteiger partial charge in [-0.25, -0.2) is 4.39 Å². The smallest absolute Gasteiger partial charge is 0.237 e. The van der Waals surface area contributed by atoms with Crippen LogP contribution < -0.4 is 14.8 Å². The molecule has 1 aliphatic rings. The van der Waals surface area contributed by atoms with Crippen molar-refractivity contribution < 1.29 is 18.7 Å². The molecule has 0 fully saturated rings. The van der Waals surface area contributed by atoms with E-state index < -0.39 is 0 Å². The van der Waals surface area contributed by atoms with Crippen LogP contribution in [0.15, 0.2) is 36.4 Å². The van der Waals surface area contributed by atoms with Crippen LogP contribution >= 0.6 is 0 Å². The van der Waals surface area contributed by atoms with E-state index in [4.69, 9.17) is 9.47 Å². The summed E-state index contributed by atoms with van der Waals surface area (Å²) in [5, 5.41) is 3.03. The van der Waals surface area contributed by atoms with Crippen LogP contribution in [0, 0.1) is 5.82 Å². The van der Waals surface area contributed by atoms with E-state index in [1.807, 2.05) is 26.0 Å². The zero-order valence-electron chi connectivity index (χ0n) is 16.8. The Balaban J connectivity index is 1.67. The van der Waals surface area contributed by atoms with Crippen LogP contribution in [0.1, 0.15) is 36.6 Å². The molecule has 28 heavy (non-hydrogen) atoms. The van der Waals surface area contributed by atoms with Gasteiger partial charge in [0.05, 0.1) is 26.3 Å². The minimum Gasteiger partial charge on any atom is -0.493 e. The molecule has 150 valence electrons. The molecule has 0 saturated heterocycles. The number of methoxy groups -OCH3 is 2. The molecule has 0 saturated carbocycles. The predicted octanol–water partition coefficient (Wildman–Crippen LogP) is 3.47. The Kier molecular flexibility index (Phi) is 6.19. The van der Waals surface area contributed by atoms with Crippen molar-refractivity contribution in [2.24, 2.45) is 0 Å². The molecule has 0 spiro atoms. The van der Waals surface area contributed by atoms with Gasteiger partial charge in [0.15, 0.2) is 11.5 Å². The summed E-state index contributed by atoms with van der Waals surface area (Å²) in [4.78, 5) is 14.9. The van der Waals surface area contributed by atoms with Gasteiger partial charge in [-0.2, -0.15) is 0 Å². The van der Waals surface area contributed by atoms with E-state index in [2.05, 4.69) is 10.2 Å². The first-order chi connectivity index (χ1) is 13.4. The molecule has 2 unspecified atom stereocenters. The van der Waals surface area contributed by atoms with Crippen molar-refractivity contribution >= 4 is 5.91 Å². The number of carbonyl (C=O) groups is 1. The Hall–Kier alpha value is -2.60. The van der Waals surface area contributed by atoms with Crippen molar-refractivity contribution in [2.45, 2.75) is 38.9 Å². The Morgan fingerprint density at radius 1 is 1.07 bits per heavy atom. The molecule has 0 aromatic heterocycles. The minimum atomic E-state index is -0.283. The first-order valence-electron chi connectivity index (χ1n) is 9.46. The van der Waals surface area contributed by atoms with E-state index in [-0.39, 0.29) is 23.8 Å². The third-order valence-corrected chi connectivity index (χ3v) is 5.40. The Bertz CT molecular complexity index is 838. The fraction of sp³-hybridized carbons (Fsp3) is 0.409. The molecule has 2 aromatic rings. The average molecular weight is 386 g/mol. The Labute approximate surface area is 165 Å². The van der Waals surface area contributed by atoms with E-state index in [1.165, 1.54) is 17.7 Å². The lowest BCUT2D eigenvalue weighted by atomic mass is 9.97. The Morgan fingerprint density at radius 2 is 1.68 bits per heavy atom. The van der Waals surface area contributed by atoms with E-state index in [9.17, 15) is 9.18 Å². The maximum absolute atomic E-state index is 13.1. The number of hydrogen-bond acceptors (Lipinski definition) is 4. The summed E-state index contributed by atoms with van der Waals surface area (Å²) in [6, 6.07) is 9.76. The molecule has 0 aliphatic carbocycles. The zero-order valence-corrected chi connectivity index (χ0v) is 16.8. The lowest BCUT2D eigenvalue weighted by Gasteiger charge is -2.34. The van der Waals surface area contributed by atoms with Gasteiger partial charge in [0, 0.05) is 13.1 Å². The van der Waals surface area contributed by atoms with Crippen LogP contribution in [0.2, 0.25) is 0 Å². The molecule has 6 heteroatoms. The molecule has 1 N–H and O–H groups in total. The van der Waals surface area contributed by atoms with E-state index in [0.29, 0.717) is 12.3 Å². The molecular weight excluding hydrogens is 359 g/mol. The fourth-order valence-corrected chi connectivity index (χ4v) is 3.57. The predicted molar refractivity (Wildman–Crippen MR) is 106 cm³/mol. The zero-order chi connectivity index (χ0) is 20.3. The maximum atomic E-state index is 13.1. The van der Waals surface area contributed by atoms with Crippen molar-refractivity contribution in [2.75, 3.05) is 20.8 Å². The van der Waals surface area contributed by atoms with Crippen molar-refractivity contribution in [1.29, 1.82) is 0 Å².